The number of phosphoric acid groups is 2. The maximum atomic E-state index is 13.0. The number of phosphoric ester groups is 2. The number of carbonyl (C=O) groups is 4. The molecule has 19 heteroatoms. The van der Waals surface area contributed by atoms with E-state index < -0.39 is 97.5 Å². The lowest BCUT2D eigenvalue weighted by Crippen LogP contribution is -2.30. The Kier molecular flexibility index (Phi) is 62.8. The topological polar surface area (TPSA) is 237 Å². The van der Waals surface area contributed by atoms with Crippen LogP contribution in [0.15, 0.2) is 24.3 Å². The fourth-order valence-electron chi connectivity index (χ4n) is 10.6. The average molecular weight is 1350 g/mol. The predicted octanol–water partition coefficient (Wildman–Crippen LogP) is 20.7. The molecule has 0 aliphatic heterocycles. The van der Waals surface area contributed by atoms with Crippen LogP contribution in [0.3, 0.4) is 0 Å². The highest BCUT2D eigenvalue weighted by atomic mass is 31.2. The number of carbonyl (C=O) groups excluding carboxylic acids is 4. The van der Waals surface area contributed by atoms with E-state index in [1.165, 1.54) is 141 Å². The SMILES string of the molecule is CCCCCC/C=C\C=C/CCCCCCCC(=O)OC[C@H](COP(=O)(O)OC[C@@H](O)COP(=O)(O)OC[C@@H](COC(=O)CCCCCCC)OC(=O)CCCCCCCCCCCCC(C)C)OC(=O)CCCCCCCCCCCCCCCCCCC(C)C. The third kappa shape index (κ3) is 66.2. The molecule has 0 heterocycles. The summed E-state index contributed by atoms with van der Waals surface area (Å²) in [7, 11) is -9.91. The molecular formula is C73H138O17P2. The number of aliphatic hydroxyl groups is 1. The summed E-state index contributed by atoms with van der Waals surface area (Å²) >= 11 is 0. The van der Waals surface area contributed by atoms with E-state index in [9.17, 15) is 43.2 Å². The summed E-state index contributed by atoms with van der Waals surface area (Å²) < 4.78 is 68.1. The number of ether oxygens (including phenoxy) is 4. The molecule has 0 aliphatic rings. The van der Waals surface area contributed by atoms with Gasteiger partial charge in [0.2, 0.25) is 0 Å². The summed E-state index contributed by atoms with van der Waals surface area (Å²) in [5.41, 5.74) is 0. The van der Waals surface area contributed by atoms with E-state index in [0.717, 1.165) is 127 Å². The number of rotatable bonds is 70. The fourth-order valence-corrected chi connectivity index (χ4v) is 12.2. The summed E-state index contributed by atoms with van der Waals surface area (Å²) in [4.78, 5) is 72.4. The van der Waals surface area contributed by atoms with Crippen LogP contribution in [0.5, 0.6) is 0 Å². The van der Waals surface area contributed by atoms with Gasteiger partial charge in [0, 0.05) is 25.7 Å². The van der Waals surface area contributed by atoms with Gasteiger partial charge in [-0.25, -0.2) is 9.13 Å². The number of hydrogen-bond donors (Lipinski definition) is 3. The number of unbranched alkanes of at least 4 members (excludes halogenated alkanes) is 37. The highest BCUT2D eigenvalue weighted by Gasteiger charge is 2.30. The van der Waals surface area contributed by atoms with Crippen LogP contribution >= 0.6 is 15.6 Å². The van der Waals surface area contributed by atoms with Gasteiger partial charge in [-0.3, -0.25) is 37.3 Å². The molecule has 0 aromatic heterocycles. The second kappa shape index (κ2) is 64.5. The summed E-state index contributed by atoms with van der Waals surface area (Å²) in [5, 5.41) is 10.6. The van der Waals surface area contributed by atoms with Crippen LogP contribution in [0, 0.1) is 11.8 Å². The molecular weight excluding hydrogens is 1210 g/mol. The molecule has 17 nitrogen and oxygen atoms in total. The Morgan fingerprint density at radius 3 is 0.891 bits per heavy atom. The van der Waals surface area contributed by atoms with E-state index in [4.69, 9.17) is 37.0 Å². The van der Waals surface area contributed by atoms with Gasteiger partial charge in [-0.1, -0.05) is 297 Å². The molecule has 5 atom stereocenters. The lowest BCUT2D eigenvalue weighted by atomic mass is 10.0. The van der Waals surface area contributed by atoms with Gasteiger partial charge in [0.1, 0.15) is 19.3 Å². The second-order valence-corrected chi connectivity index (χ2v) is 29.5. The quantitative estimate of drug-likeness (QED) is 0.0169. The standard InChI is InChI=1S/C73H138O17P2/c1-7-9-11-13-14-15-16-17-20-24-27-33-38-44-50-56-71(76)84-62-69(90-73(78)57-51-45-39-34-28-25-22-19-18-21-23-26-31-36-42-47-53-65(3)4)64-88-92(81,82)86-60-67(74)59-85-91(79,80)87-63-68(61-83-70(75)55-49-41-12-10-8-2)89-72(77)58-52-46-40-35-30-29-32-37-43-48-54-66(5)6/h15-17,20,65-69,74H,7-14,18-19,21-64H2,1-6H3,(H,79,80)(H,81,82)/b16-15-,20-17-/t67-,68+,69+/m0/s1. The van der Waals surface area contributed by atoms with Crippen molar-refractivity contribution in [3.63, 3.8) is 0 Å². The van der Waals surface area contributed by atoms with Crippen LogP contribution in [0.1, 0.15) is 350 Å². The zero-order valence-corrected chi connectivity index (χ0v) is 61.1. The summed E-state index contributed by atoms with van der Waals surface area (Å²) in [6, 6.07) is 0. The summed E-state index contributed by atoms with van der Waals surface area (Å²) in [6.07, 6.45) is 54.0. The van der Waals surface area contributed by atoms with Crippen molar-refractivity contribution in [2.45, 2.75) is 368 Å². The van der Waals surface area contributed by atoms with Gasteiger partial charge in [0.05, 0.1) is 26.4 Å². The third-order valence-corrected chi connectivity index (χ3v) is 18.2. The Morgan fingerprint density at radius 1 is 0.337 bits per heavy atom. The summed E-state index contributed by atoms with van der Waals surface area (Å²) in [6.45, 7) is 9.43. The maximum Gasteiger partial charge on any atom is 0.472 e. The van der Waals surface area contributed by atoms with E-state index in [1.54, 1.807) is 0 Å². The van der Waals surface area contributed by atoms with E-state index >= 15 is 0 Å². The molecule has 92 heavy (non-hydrogen) atoms. The molecule has 3 N–H and O–H groups in total. The Labute approximate surface area is 561 Å². The molecule has 0 amide bonds. The van der Waals surface area contributed by atoms with Gasteiger partial charge in [-0.15, -0.1) is 0 Å². The molecule has 0 spiro atoms. The van der Waals surface area contributed by atoms with Crippen molar-refractivity contribution in [3.05, 3.63) is 24.3 Å². The summed E-state index contributed by atoms with van der Waals surface area (Å²) in [5.74, 6) is -0.604. The normalized spacial score (nSPS) is 14.2. The van der Waals surface area contributed by atoms with Crippen molar-refractivity contribution < 1.29 is 80.2 Å². The van der Waals surface area contributed by atoms with Crippen LogP contribution in [-0.2, 0) is 65.4 Å². The molecule has 0 aromatic carbocycles. The number of allylic oxidation sites excluding steroid dienone is 4. The van der Waals surface area contributed by atoms with Crippen LogP contribution in [-0.4, -0.2) is 96.7 Å². The van der Waals surface area contributed by atoms with E-state index in [2.05, 4.69) is 65.8 Å². The van der Waals surface area contributed by atoms with Crippen LogP contribution in [0.2, 0.25) is 0 Å². The predicted molar refractivity (Wildman–Crippen MR) is 372 cm³/mol. The second-order valence-electron chi connectivity index (χ2n) is 26.6. The third-order valence-electron chi connectivity index (χ3n) is 16.3. The molecule has 0 saturated heterocycles. The molecule has 0 fully saturated rings. The smallest absolute Gasteiger partial charge is 0.462 e. The Balaban J connectivity index is 5.18. The fraction of sp³-hybridized carbons (Fsp3) is 0.890. The largest absolute Gasteiger partial charge is 0.472 e. The van der Waals surface area contributed by atoms with Crippen molar-refractivity contribution in [1.29, 1.82) is 0 Å². The van der Waals surface area contributed by atoms with Crippen LogP contribution in [0.25, 0.3) is 0 Å². The zero-order chi connectivity index (χ0) is 67.9. The highest BCUT2D eigenvalue weighted by Crippen LogP contribution is 2.45. The first kappa shape index (κ1) is 89.5. The first-order valence-corrected chi connectivity index (χ1v) is 40.3. The molecule has 0 rings (SSSR count). The number of aliphatic hydroxyl groups excluding tert-OH is 1. The molecule has 542 valence electrons. The van der Waals surface area contributed by atoms with Gasteiger partial charge in [0.25, 0.3) is 0 Å². The van der Waals surface area contributed by atoms with E-state index in [1.807, 2.05) is 0 Å². The molecule has 0 aliphatic carbocycles. The molecule has 2 unspecified atom stereocenters. The van der Waals surface area contributed by atoms with Gasteiger partial charge < -0.3 is 33.8 Å². The van der Waals surface area contributed by atoms with Crippen molar-refractivity contribution in [3.8, 4) is 0 Å². The molecule has 0 radical (unpaired) electrons. The van der Waals surface area contributed by atoms with Crippen molar-refractivity contribution in [2.75, 3.05) is 39.6 Å². The van der Waals surface area contributed by atoms with Crippen molar-refractivity contribution in [1.82, 2.24) is 0 Å². The highest BCUT2D eigenvalue weighted by molar-refractivity contribution is 7.47. The van der Waals surface area contributed by atoms with Gasteiger partial charge in [-0.2, -0.15) is 0 Å². The number of hydrogen-bond acceptors (Lipinski definition) is 15. The zero-order valence-electron chi connectivity index (χ0n) is 59.3. The van der Waals surface area contributed by atoms with Crippen molar-refractivity contribution in [2.24, 2.45) is 11.8 Å². The van der Waals surface area contributed by atoms with Gasteiger partial charge in [0.15, 0.2) is 12.2 Å². The minimum Gasteiger partial charge on any atom is -0.462 e. The minimum atomic E-state index is -4.96. The lowest BCUT2D eigenvalue weighted by Gasteiger charge is -2.21. The van der Waals surface area contributed by atoms with Crippen LogP contribution < -0.4 is 0 Å². The van der Waals surface area contributed by atoms with E-state index in [-0.39, 0.29) is 25.7 Å². The molecule has 0 bridgehead atoms. The maximum absolute atomic E-state index is 13.0. The minimum absolute atomic E-state index is 0.101. The van der Waals surface area contributed by atoms with E-state index in [0.29, 0.717) is 25.7 Å². The monoisotopic (exact) mass is 1350 g/mol. The number of esters is 4. The Morgan fingerprint density at radius 2 is 0.587 bits per heavy atom. The van der Waals surface area contributed by atoms with Gasteiger partial charge >= 0.3 is 39.5 Å². The first-order valence-electron chi connectivity index (χ1n) is 37.3. The Bertz CT molecular complexity index is 1880. The lowest BCUT2D eigenvalue weighted by molar-refractivity contribution is -0.161. The van der Waals surface area contributed by atoms with Crippen LogP contribution in [0.4, 0.5) is 0 Å². The molecule has 0 saturated carbocycles. The average Bonchev–Trinajstić information content (AvgIpc) is 2.23. The van der Waals surface area contributed by atoms with Crippen molar-refractivity contribution >= 4 is 39.5 Å². The van der Waals surface area contributed by atoms with Gasteiger partial charge in [-0.05, 0) is 63.2 Å². The molecule has 0 aromatic rings. The Hall–Kier alpha value is -2.46. The first-order chi connectivity index (χ1) is 44.4.